The van der Waals surface area contributed by atoms with Gasteiger partial charge in [0.15, 0.2) is 12.4 Å². The fourth-order valence-corrected chi connectivity index (χ4v) is 6.35. The van der Waals surface area contributed by atoms with Crippen LogP contribution in [0.4, 0.5) is 4.79 Å². The third-order valence-electron chi connectivity index (χ3n) is 9.13. The van der Waals surface area contributed by atoms with Crippen molar-refractivity contribution in [3.8, 4) is 0 Å². The van der Waals surface area contributed by atoms with Gasteiger partial charge in [-0.3, -0.25) is 9.59 Å². The summed E-state index contributed by atoms with van der Waals surface area (Å²) >= 11 is 17.2. The smallest absolute Gasteiger partial charge is 0.410 e. The summed E-state index contributed by atoms with van der Waals surface area (Å²) in [5.74, 6) is -1.69. The van der Waals surface area contributed by atoms with E-state index >= 15 is 0 Å². The lowest BCUT2D eigenvalue weighted by Gasteiger charge is -2.42. The lowest BCUT2D eigenvalue weighted by molar-refractivity contribution is -0.258. The predicted octanol–water partition coefficient (Wildman–Crippen LogP) is 8.36. The van der Waals surface area contributed by atoms with Crippen molar-refractivity contribution in [2.75, 3.05) is 12.5 Å². The highest BCUT2D eigenvalue weighted by Crippen LogP contribution is 2.27. The second-order valence-electron chi connectivity index (χ2n) is 13.7. The number of amides is 1. The van der Waals surface area contributed by atoms with Gasteiger partial charge in [-0.25, -0.2) is 4.79 Å². The van der Waals surface area contributed by atoms with E-state index in [4.69, 9.17) is 53.8 Å². The number of carbonyl (C=O) groups excluding carboxylic acids is 3. The van der Waals surface area contributed by atoms with Crippen molar-refractivity contribution in [3.05, 3.63) is 0 Å². The fourth-order valence-electron chi connectivity index (χ4n) is 6.16. The molecule has 1 heterocycles. The number of alkyl carbamates (subject to hydrolysis) is 1. The molecule has 1 fully saturated rings. The summed E-state index contributed by atoms with van der Waals surface area (Å²) in [6.45, 7) is 3.71. The van der Waals surface area contributed by atoms with E-state index in [1.54, 1.807) is 0 Å². The Balaban J connectivity index is 2.75. The molecule has 4 N–H and O–H groups in total. The molecule has 300 valence electrons. The minimum Gasteiger partial charge on any atom is -0.462 e. The molecule has 0 bridgehead atoms. The first kappa shape index (κ1) is 47.9. The highest BCUT2D eigenvalue weighted by Gasteiger charge is 2.48. The number of esters is 2. The van der Waals surface area contributed by atoms with Gasteiger partial charge in [0.1, 0.15) is 24.4 Å². The standard InChI is InChI=1S/C37H66Cl3NO10/c1-3-5-7-9-11-13-14-16-18-20-22-24-30(43)48-28(23-21-19-17-15-12-10-8-6-4-2)25-31(44)50-34-32(35(46)49-29(26-42)33(34)45)41-36(47)51-37(39,40)27-38/h28-29,32-35,42,45-46H,3-27H2,1-2H3,(H,41,47)/t28-,29-,32-,33-,34-,35+/m1/s1. The fraction of sp³-hybridized carbons (Fsp3) is 0.919. The Morgan fingerprint density at radius 3 is 1.75 bits per heavy atom. The molecule has 1 aliphatic heterocycles. The zero-order valence-electron chi connectivity index (χ0n) is 31.0. The van der Waals surface area contributed by atoms with Crippen LogP contribution in [-0.2, 0) is 28.5 Å². The van der Waals surface area contributed by atoms with E-state index in [0.717, 1.165) is 44.9 Å². The molecule has 0 saturated carbocycles. The molecule has 0 aliphatic carbocycles. The van der Waals surface area contributed by atoms with Gasteiger partial charge >= 0.3 is 18.0 Å². The first-order valence-corrected chi connectivity index (χ1v) is 20.7. The molecule has 0 unspecified atom stereocenters. The van der Waals surface area contributed by atoms with Crippen LogP contribution in [-0.4, -0.2) is 87.1 Å². The number of hydrogen-bond acceptors (Lipinski definition) is 10. The largest absolute Gasteiger partial charge is 0.462 e. The van der Waals surface area contributed by atoms with Crippen molar-refractivity contribution >= 4 is 52.8 Å². The van der Waals surface area contributed by atoms with Crippen molar-refractivity contribution in [2.45, 2.75) is 203 Å². The molecule has 11 nitrogen and oxygen atoms in total. The zero-order valence-corrected chi connectivity index (χ0v) is 33.2. The first-order valence-electron chi connectivity index (χ1n) is 19.4. The number of nitrogens with one attached hydrogen (secondary N) is 1. The van der Waals surface area contributed by atoms with Crippen LogP contribution in [0.1, 0.15) is 162 Å². The van der Waals surface area contributed by atoms with E-state index in [-0.39, 0.29) is 18.8 Å². The average molecular weight is 791 g/mol. The lowest BCUT2D eigenvalue weighted by atomic mass is 9.96. The molecule has 1 saturated heterocycles. The van der Waals surface area contributed by atoms with Gasteiger partial charge in [0.25, 0.3) is 4.52 Å². The molecule has 0 spiro atoms. The van der Waals surface area contributed by atoms with Gasteiger partial charge in [-0.15, -0.1) is 11.6 Å². The average Bonchev–Trinajstić information content (AvgIpc) is 3.09. The number of unbranched alkanes of at least 4 members (excludes halogenated alkanes) is 18. The number of hydrogen-bond donors (Lipinski definition) is 4. The minimum absolute atomic E-state index is 0.252. The quantitative estimate of drug-likeness (QED) is 0.0241. The van der Waals surface area contributed by atoms with Crippen LogP contribution < -0.4 is 5.32 Å². The summed E-state index contributed by atoms with van der Waals surface area (Å²) in [6, 6.07) is -1.53. The summed E-state index contributed by atoms with van der Waals surface area (Å²) < 4.78 is 19.3. The maximum Gasteiger partial charge on any atom is 0.410 e. The molecular formula is C37H66Cl3NO10. The predicted molar refractivity (Wildman–Crippen MR) is 200 cm³/mol. The van der Waals surface area contributed by atoms with Crippen molar-refractivity contribution in [3.63, 3.8) is 0 Å². The highest BCUT2D eigenvalue weighted by atomic mass is 35.5. The number of aliphatic hydroxyl groups excluding tert-OH is 3. The number of alkyl halides is 3. The van der Waals surface area contributed by atoms with Crippen molar-refractivity contribution in [2.24, 2.45) is 0 Å². The van der Waals surface area contributed by atoms with Gasteiger partial charge in [-0.1, -0.05) is 153 Å². The van der Waals surface area contributed by atoms with Gasteiger partial charge in [0, 0.05) is 6.42 Å². The molecule has 14 heteroatoms. The highest BCUT2D eigenvalue weighted by molar-refractivity contribution is 6.50. The summed E-state index contributed by atoms with van der Waals surface area (Å²) in [5.41, 5.74) is 0. The van der Waals surface area contributed by atoms with Crippen LogP contribution in [0.25, 0.3) is 0 Å². The molecule has 1 rings (SSSR count). The lowest BCUT2D eigenvalue weighted by Crippen LogP contribution is -2.65. The summed E-state index contributed by atoms with van der Waals surface area (Å²) in [7, 11) is 0. The maximum atomic E-state index is 13.3. The minimum atomic E-state index is -2.09. The molecule has 6 atom stereocenters. The van der Waals surface area contributed by atoms with E-state index in [1.807, 2.05) is 0 Å². The summed E-state index contributed by atoms with van der Waals surface area (Å²) in [5, 5.41) is 33.3. The Morgan fingerprint density at radius 2 is 1.25 bits per heavy atom. The Morgan fingerprint density at radius 1 is 0.765 bits per heavy atom. The summed E-state index contributed by atoms with van der Waals surface area (Å²) in [4.78, 5) is 38.6. The second-order valence-corrected chi connectivity index (χ2v) is 15.4. The topological polar surface area (TPSA) is 161 Å². The number of rotatable bonds is 30. The molecule has 0 aromatic rings. The third kappa shape index (κ3) is 22.7. The van der Waals surface area contributed by atoms with Crippen molar-refractivity contribution < 1.29 is 48.7 Å². The van der Waals surface area contributed by atoms with Crippen LogP contribution >= 0.6 is 34.8 Å². The van der Waals surface area contributed by atoms with Gasteiger partial charge in [0.2, 0.25) is 0 Å². The van der Waals surface area contributed by atoms with E-state index in [0.29, 0.717) is 12.8 Å². The second kappa shape index (κ2) is 29.3. The molecule has 1 aliphatic rings. The SMILES string of the molecule is CCCCCCCCCCCCCC(=O)O[C@H](CCCCCCCCCCC)CC(=O)O[C@H]1[C@H](O)[C@@H](CO)O[C@H](O)[C@@H]1NC(=O)OC(Cl)(Cl)CCl. The molecule has 0 aromatic heterocycles. The number of halogens is 3. The van der Waals surface area contributed by atoms with Crippen LogP contribution in [0.15, 0.2) is 0 Å². The van der Waals surface area contributed by atoms with Crippen molar-refractivity contribution in [1.82, 2.24) is 5.32 Å². The molecule has 0 aromatic carbocycles. The van der Waals surface area contributed by atoms with E-state index < -0.39 is 65.8 Å². The monoisotopic (exact) mass is 789 g/mol. The zero-order chi connectivity index (χ0) is 37.9. The van der Waals surface area contributed by atoms with Crippen LogP contribution in [0.3, 0.4) is 0 Å². The molecule has 0 radical (unpaired) electrons. The number of aliphatic hydroxyl groups is 3. The van der Waals surface area contributed by atoms with Gasteiger partial charge in [-0.2, -0.15) is 0 Å². The summed E-state index contributed by atoms with van der Waals surface area (Å²) in [6.07, 6.45) is 14.8. The number of carbonyl (C=O) groups is 3. The number of ether oxygens (including phenoxy) is 4. The molecular weight excluding hydrogens is 725 g/mol. The molecule has 51 heavy (non-hydrogen) atoms. The normalized spacial score (nSPS) is 21.2. The van der Waals surface area contributed by atoms with Gasteiger partial charge < -0.3 is 39.6 Å². The van der Waals surface area contributed by atoms with Gasteiger partial charge in [0.05, 0.1) is 18.9 Å². The van der Waals surface area contributed by atoms with E-state index in [9.17, 15) is 29.7 Å². The Labute approximate surface area is 321 Å². The molecule has 1 amide bonds. The third-order valence-corrected chi connectivity index (χ3v) is 10.2. The Hall–Kier alpha value is -1.08. The van der Waals surface area contributed by atoms with Crippen molar-refractivity contribution in [1.29, 1.82) is 0 Å². The van der Waals surface area contributed by atoms with Crippen LogP contribution in [0, 0.1) is 0 Å². The van der Waals surface area contributed by atoms with Crippen LogP contribution in [0.5, 0.6) is 0 Å². The Kier molecular flexibility index (Phi) is 27.5. The van der Waals surface area contributed by atoms with E-state index in [1.165, 1.54) is 77.0 Å². The van der Waals surface area contributed by atoms with E-state index in [2.05, 4.69) is 19.2 Å². The van der Waals surface area contributed by atoms with Gasteiger partial charge in [-0.05, 0) is 19.3 Å². The first-order chi connectivity index (χ1) is 24.5. The van der Waals surface area contributed by atoms with Crippen LogP contribution in [0.2, 0.25) is 0 Å². The maximum absolute atomic E-state index is 13.3. The Bertz CT molecular complexity index is 931.